The molecule has 1 saturated heterocycles. The summed E-state index contributed by atoms with van der Waals surface area (Å²) in [6.45, 7) is 6.37. The first-order valence-electron chi connectivity index (χ1n) is 11.5. The third-order valence-corrected chi connectivity index (χ3v) is 5.68. The van der Waals surface area contributed by atoms with Crippen molar-refractivity contribution in [3.05, 3.63) is 60.3 Å². The first-order valence-corrected chi connectivity index (χ1v) is 11.5. The van der Waals surface area contributed by atoms with E-state index in [1.807, 2.05) is 0 Å². The first kappa shape index (κ1) is 23.4. The van der Waals surface area contributed by atoms with E-state index in [2.05, 4.69) is 42.6 Å². The monoisotopic (exact) mass is 463 g/mol. The molecule has 0 saturated carbocycles. The molecule has 1 aliphatic heterocycles. The summed E-state index contributed by atoms with van der Waals surface area (Å²) in [5, 5.41) is 11.9. The zero-order valence-corrected chi connectivity index (χ0v) is 19.2. The third kappa shape index (κ3) is 6.38. The molecule has 10 nitrogen and oxygen atoms in total. The smallest absolute Gasteiger partial charge is 0.275 e. The molecule has 1 aliphatic rings. The van der Waals surface area contributed by atoms with Crippen LogP contribution < -0.4 is 15.4 Å². The number of nitrogens with zero attached hydrogens (tertiary/aromatic N) is 4. The Hall–Kier alpha value is -3.79. The van der Waals surface area contributed by atoms with E-state index in [-0.39, 0.29) is 17.3 Å². The minimum atomic E-state index is -0.450. The second-order valence-corrected chi connectivity index (χ2v) is 8.44. The maximum Gasteiger partial charge on any atom is 0.275 e. The van der Waals surface area contributed by atoms with Gasteiger partial charge < -0.3 is 20.3 Å². The fourth-order valence-corrected chi connectivity index (χ4v) is 3.85. The van der Waals surface area contributed by atoms with Crippen LogP contribution in [-0.4, -0.2) is 63.1 Å². The highest BCUT2D eigenvalue weighted by Crippen LogP contribution is 2.18. The van der Waals surface area contributed by atoms with E-state index in [1.165, 1.54) is 50.7 Å². The lowest BCUT2D eigenvalue weighted by Crippen LogP contribution is -2.26. The zero-order valence-electron chi connectivity index (χ0n) is 19.2. The normalized spacial score (nSPS) is 14.5. The Morgan fingerprint density at radius 2 is 1.88 bits per heavy atom. The van der Waals surface area contributed by atoms with Crippen molar-refractivity contribution in [1.82, 2.24) is 25.1 Å². The van der Waals surface area contributed by atoms with Gasteiger partial charge in [-0.3, -0.25) is 19.7 Å². The molecule has 0 radical (unpaired) electrons. The van der Waals surface area contributed by atoms with E-state index in [4.69, 9.17) is 4.74 Å². The number of hydrogen-bond acceptors (Lipinski definition) is 7. The SMILES string of the molecule is C[C@H](CCOc1ccc(NC(=O)c2[nH]ncc2NC(=O)c2ccncc2)cn1)CN1CCCC1. The molecule has 1 atom stereocenters. The number of hydrogen-bond donors (Lipinski definition) is 3. The van der Waals surface area contributed by atoms with E-state index >= 15 is 0 Å². The highest BCUT2D eigenvalue weighted by Gasteiger charge is 2.17. The minimum absolute atomic E-state index is 0.134. The van der Waals surface area contributed by atoms with Gasteiger partial charge in [0.2, 0.25) is 5.88 Å². The summed E-state index contributed by atoms with van der Waals surface area (Å²) >= 11 is 0. The van der Waals surface area contributed by atoms with Crippen LogP contribution in [0.25, 0.3) is 0 Å². The average molecular weight is 464 g/mol. The fraction of sp³-hybridized carbons (Fsp3) is 0.375. The van der Waals surface area contributed by atoms with Crippen molar-refractivity contribution >= 4 is 23.2 Å². The number of H-pyrrole nitrogens is 1. The quantitative estimate of drug-likeness (QED) is 0.422. The summed E-state index contributed by atoms with van der Waals surface area (Å²) in [7, 11) is 0. The Labute approximate surface area is 198 Å². The van der Waals surface area contributed by atoms with Crippen LogP contribution in [-0.2, 0) is 0 Å². The number of ether oxygens (including phenoxy) is 1. The van der Waals surface area contributed by atoms with Crippen molar-refractivity contribution < 1.29 is 14.3 Å². The van der Waals surface area contributed by atoms with E-state index in [1.54, 1.807) is 24.3 Å². The molecule has 3 N–H and O–H groups in total. The zero-order chi connectivity index (χ0) is 23.8. The van der Waals surface area contributed by atoms with Crippen LogP contribution in [0.2, 0.25) is 0 Å². The van der Waals surface area contributed by atoms with Crippen LogP contribution in [0, 0.1) is 5.92 Å². The number of rotatable bonds is 10. The minimum Gasteiger partial charge on any atom is -0.478 e. The Kier molecular flexibility index (Phi) is 7.82. The van der Waals surface area contributed by atoms with Crippen LogP contribution in [0.5, 0.6) is 5.88 Å². The molecule has 0 spiro atoms. The number of aromatic nitrogens is 4. The topological polar surface area (TPSA) is 125 Å². The Balaban J connectivity index is 1.25. The lowest BCUT2D eigenvalue weighted by Gasteiger charge is -2.20. The summed E-state index contributed by atoms with van der Waals surface area (Å²) in [5.41, 5.74) is 1.33. The van der Waals surface area contributed by atoms with Gasteiger partial charge in [-0.2, -0.15) is 5.10 Å². The summed E-state index contributed by atoms with van der Waals surface area (Å²) < 4.78 is 5.77. The highest BCUT2D eigenvalue weighted by atomic mass is 16.5. The second kappa shape index (κ2) is 11.4. The van der Waals surface area contributed by atoms with Gasteiger partial charge in [-0.25, -0.2) is 4.98 Å². The van der Waals surface area contributed by atoms with Crippen molar-refractivity contribution in [2.45, 2.75) is 26.2 Å². The standard InChI is InChI=1S/C24H29N7O3/c1-17(16-31-11-2-3-12-31)8-13-34-21-5-4-19(14-26-21)28-24(33)22-20(15-27-30-22)29-23(32)18-6-9-25-10-7-18/h4-7,9-10,14-15,17H,2-3,8,11-13,16H2,1H3,(H,27,30)(H,28,33)(H,29,32)/t17-/m1/s1. The van der Waals surface area contributed by atoms with Gasteiger partial charge in [-0.05, 0) is 56.5 Å². The second-order valence-electron chi connectivity index (χ2n) is 8.44. The summed E-state index contributed by atoms with van der Waals surface area (Å²) in [5.74, 6) is 0.266. The Morgan fingerprint density at radius 3 is 2.62 bits per heavy atom. The predicted octanol–water partition coefficient (Wildman–Crippen LogP) is 3.21. The van der Waals surface area contributed by atoms with Gasteiger partial charge in [0.05, 0.1) is 30.4 Å². The largest absolute Gasteiger partial charge is 0.478 e. The first-order chi connectivity index (χ1) is 16.6. The number of anilines is 2. The van der Waals surface area contributed by atoms with Gasteiger partial charge >= 0.3 is 0 Å². The van der Waals surface area contributed by atoms with Crippen LogP contribution in [0.1, 0.15) is 47.0 Å². The number of carbonyl (C=O) groups is 2. The average Bonchev–Trinajstić information content (AvgIpc) is 3.53. The lowest BCUT2D eigenvalue weighted by atomic mass is 10.1. The number of pyridine rings is 2. The third-order valence-electron chi connectivity index (χ3n) is 5.68. The number of likely N-dealkylation sites (tertiary alicyclic amines) is 1. The Morgan fingerprint density at radius 1 is 1.09 bits per heavy atom. The molecule has 10 heteroatoms. The molecule has 178 valence electrons. The number of amides is 2. The molecule has 1 fully saturated rings. The van der Waals surface area contributed by atoms with Gasteiger partial charge in [0, 0.05) is 30.6 Å². The van der Waals surface area contributed by atoms with E-state index in [9.17, 15) is 9.59 Å². The number of carbonyl (C=O) groups excluding carboxylic acids is 2. The van der Waals surface area contributed by atoms with E-state index in [0.29, 0.717) is 29.7 Å². The van der Waals surface area contributed by atoms with E-state index in [0.717, 1.165) is 13.0 Å². The van der Waals surface area contributed by atoms with Gasteiger partial charge in [-0.1, -0.05) is 6.92 Å². The maximum absolute atomic E-state index is 12.7. The molecule has 3 aromatic heterocycles. The van der Waals surface area contributed by atoms with Crippen LogP contribution in [0.3, 0.4) is 0 Å². The molecule has 0 aliphatic carbocycles. The molecular weight excluding hydrogens is 434 g/mol. The molecule has 34 heavy (non-hydrogen) atoms. The van der Waals surface area contributed by atoms with Gasteiger partial charge in [0.1, 0.15) is 5.69 Å². The highest BCUT2D eigenvalue weighted by molar-refractivity contribution is 6.11. The molecule has 0 aromatic carbocycles. The molecule has 3 aromatic rings. The van der Waals surface area contributed by atoms with Crippen molar-refractivity contribution in [2.75, 3.05) is 36.9 Å². The summed E-state index contributed by atoms with van der Waals surface area (Å²) in [6, 6.07) is 6.61. The fourth-order valence-electron chi connectivity index (χ4n) is 3.85. The van der Waals surface area contributed by atoms with Crippen molar-refractivity contribution in [3.63, 3.8) is 0 Å². The Bertz CT molecular complexity index is 1080. The van der Waals surface area contributed by atoms with Gasteiger partial charge in [0.25, 0.3) is 11.8 Å². The molecule has 0 bridgehead atoms. The van der Waals surface area contributed by atoms with Crippen molar-refractivity contribution in [3.8, 4) is 5.88 Å². The number of nitrogens with one attached hydrogen (secondary N) is 3. The molecule has 2 amide bonds. The molecule has 4 heterocycles. The van der Waals surface area contributed by atoms with Crippen LogP contribution >= 0.6 is 0 Å². The summed E-state index contributed by atoms with van der Waals surface area (Å²) in [4.78, 5) is 35.7. The summed E-state index contributed by atoms with van der Waals surface area (Å²) in [6.07, 6.45) is 9.53. The maximum atomic E-state index is 12.7. The van der Waals surface area contributed by atoms with Crippen molar-refractivity contribution in [2.24, 2.45) is 5.92 Å². The van der Waals surface area contributed by atoms with Crippen LogP contribution in [0.4, 0.5) is 11.4 Å². The molecule has 0 unspecified atom stereocenters. The number of aromatic amines is 1. The van der Waals surface area contributed by atoms with E-state index < -0.39 is 5.91 Å². The molecular formula is C24H29N7O3. The lowest BCUT2D eigenvalue weighted by molar-refractivity contribution is 0.102. The van der Waals surface area contributed by atoms with Gasteiger partial charge in [0.15, 0.2) is 0 Å². The van der Waals surface area contributed by atoms with Crippen LogP contribution in [0.15, 0.2) is 49.1 Å². The predicted molar refractivity (Wildman–Crippen MR) is 128 cm³/mol. The van der Waals surface area contributed by atoms with Gasteiger partial charge in [-0.15, -0.1) is 0 Å². The van der Waals surface area contributed by atoms with Crippen molar-refractivity contribution in [1.29, 1.82) is 0 Å². The molecule has 4 rings (SSSR count).